The van der Waals surface area contributed by atoms with Crippen LogP contribution in [0.25, 0.3) is 0 Å². The average molecular weight is 298 g/mol. The Labute approximate surface area is 115 Å². The summed E-state index contributed by atoms with van der Waals surface area (Å²) in [6.45, 7) is 0. The highest BCUT2D eigenvalue weighted by atomic mass is 32.2. The zero-order chi connectivity index (χ0) is 14.8. The van der Waals surface area contributed by atoms with E-state index in [4.69, 9.17) is 4.74 Å². The number of ether oxygens (including phenoxy) is 1. The molecule has 0 amide bonds. The van der Waals surface area contributed by atoms with Gasteiger partial charge in [0.2, 0.25) is 0 Å². The van der Waals surface area contributed by atoms with E-state index in [1.807, 2.05) is 0 Å². The minimum atomic E-state index is -3.88. The van der Waals surface area contributed by atoms with Crippen LogP contribution in [0.15, 0.2) is 47.4 Å². The molecule has 0 heterocycles. The molecule has 0 fully saturated rings. The number of sulfone groups is 1. The summed E-state index contributed by atoms with van der Waals surface area (Å²) in [6.07, 6.45) is 0. The third-order valence-corrected chi connectivity index (χ3v) is 4.43. The second kappa shape index (κ2) is 5.58. The molecule has 0 aliphatic carbocycles. The van der Waals surface area contributed by atoms with Crippen LogP contribution in [0.4, 0.5) is 8.78 Å². The van der Waals surface area contributed by atoms with Gasteiger partial charge in [-0.25, -0.2) is 17.2 Å². The van der Waals surface area contributed by atoms with E-state index >= 15 is 0 Å². The van der Waals surface area contributed by atoms with Crippen molar-refractivity contribution in [1.82, 2.24) is 0 Å². The van der Waals surface area contributed by atoms with Crippen LogP contribution in [0, 0.1) is 11.6 Å². The lowest BCUT2D eigenvalue weighted by molar-refractivity contribution is 0.414. The van der Waals surface area contributed by atoms with Crippen LogP contribution in [0.3, 0.4) is 0 Å². The molecular formula is C14H12F2O3S. The molecule has 6 heteroatoms. The Kier molecular flexibility index (Phi) is 4.04. The molecule has 0 aliphatic heterocycles. The first kappa shape index (κ1) is 14.5. The lowest BCUT2D eigenvalue weighted by Crippen LogP contribution is -2.07. The van der Waals surface area contributed by atoms with Gasteiger partial charge in [-0.3, -0.25) is 0 Å². The summed E-state index contributed by atoms with van der Waals surface area (Å²) >= 11 is 0. The number of methoxy groups -OCH3 is 1. The van der Waals surface area contributed by atoms with E-state index in [1.165, 1.54) is 7.11 Å². The fourth-order valence-corrected chi connectivity index (χ4v) is 3.19. The van der Waals surface area contributed by atoms with Crippen molar-refractivity contribution in [2.45, 2.75) is 10.6 Å². The molecule has 0 N–H and O–H groups in total. The second-order valence-corrected chi connectivity index (χ2v) is 6.14. The van der Waals surface area contributed by atoms with Crippen LogP contribution < -0.4 is 4.74 Å². The lowest BCUT2D eigenvalue weighted by atomic mass is 10.2. The van der Waals surface area contributed by atoms with Crippen LogP contribution in [0.1, 0.15) is 5.56 Å². The molecule has 106 valence electrons. The van der Waals surface area contributed by atoms with Crippen molar-refractivity contribution in [3.8, 4) is 5.75 Å². The topological polar surface area (TPSA) is 43.4 Å². The SMILES string of the molecule is COc1cccc(CS(=O)(=O)c2ccc(F)cc2F)c1. The van der Waals surface area contributed by atoms with Gasteiger partial charge in [0, 0.05) is 6.07 Å². The van der Waals surface area contributed by atoms with Crippen molar-refractivity contribution in [2.75, 3.05) is 7.11 Å². The van der Waals surface area contributed by atoms with Gasteiger partial charge in [-0.1, -0.05) is 12.1 Å². The van der Waals surface area contributed by atoms with Crippen molar-refractivity contribution in [3.63, 3.8) is 0 Å². The van der Waals surface area contributed by atoms with Crippen LogP contribution in [-0.2, 0) is 15.6 Å². The molecule has 2 rings (SSSR count). The molecule has 0 atom stereocenters. The first-order chi connectivity index (χ1) is 9.42. The van der Waals surface area contributed by atoms with Gasteiger partial charge in [0.1, 0.15) is 22.3 Å². The first-order valence-electron chi connectivity index (χ1n) is 5.73. The van der Waals surface area contributed by atoms with Gasteiger partial charge in [-0.05, 0) is 29.8 Å². The third-order valence-electron chi connectivity index (χ3n) is 2.72. The molecule has 20 heavy (non-hydrogen) atoms. The summed E-state index contributed by atoms with van der Waals surface area (Å²) in [5.74, 6) is -1.78. The van der Waals surface area contributed by atoms with E-state index < -0.39 is 26.4 Å². The Morgan fingerprint density at radius 2 is 1.85 bits per heavy atom. The maximum Gasteiger partial charge on any atom is 0.185 e. The number of hydrogen-bond donors (Lipinski definition) is 0. The van der Waals surface area contributed by atoms with Gasteiger partial charge < -0.3 is 4.74 Å². The lowest BCUT2D eigenvalue weighted by Gasteiger charge is -2.07. The molecule has 0 saturated heterocycles. The van der Waals surface area contributed by atoms with Gasteiger partial charge in [-0.2, -0.15) is 0 Å². The molecule has 0 bridgehead atoms. The van der Waals surface area contributed by atoms with E-state index in [1.54, 1.807) is 24.3 Å². The highest BCUT2D eigenvalue weighted by Crippen LogP contribution is 2.22. The molecule has 2 aromatic rings. The summed E-state index contributed by atoms with van der Waals surface area (Å²) in [4.78, 5) is -0.512. The number of halogens is 2. The van der Waals surface area contributed by atoms with Gasteiger partial charge >= 0.3 is 0 Å². The predicted octanol–water partition coefficient (Wildman–Crippen LogP) is 2.95. The predicted molar refractivity (Wildman–Crippen MR) is 70.2 cm³/mol. The minimum absolute atomic E-state index is 0.382. The van der Waals surface area contributed by atoms with E-state index in [9.17, 15) is 17.2 Å². The molecule has 0 aromatic heterocycles. The van der Waals surface area contributed by atoms with E-state index in [-0.39, 0.29) is 5.75 Å². The Balaban J connectivity index is 2.35. The summed E-state index contributed by atoms with van der Waals surface area (Å²) in [7, 11) is -2.42. The second-order valence-electron chi connectivity index (χ2n) is 4.19. The van der Waals surface area contributed by atoms with Crippen molar-refractivity contribution >= 4 is 9.84 Å². The summed E-state index contributed by atoms with van der Waals surface area (Å²) in [6, 6.07) is 8.87. The molecule has 3 nitrogen and oxygen atoms in total. The molecule has 0 unspecified atom stereocenters. The molecule has 2 aromatic carbocycles. The normalized spacial score (nSPS) is 11.3. The first-order valence-corrected chi connectivity index (χ1v) is 7.38. The molecule has 0 aliphatic rings. The summed E-state index contributed by atoms with van der Waals surface area (Å²) in [5, 5.41) is 0. The zero-order valence-electron chi connectivity index (χ0n) is 10.6. The van der Waals surface area contributed by atoms with Gasteiger partial charge in [0.25, 0.3) is 0 Å². The van der Waals surface area contributed by atoms with E-state index in [0.29, 0.717) is 17.4 Å². The maximum atomic E-state index is 13.6. The van der Waals surface area contributed by atoms with E-state index in [2.05, 4.69) is 0 Å². The number of hydrogen-bond acceptors (Lipinski definition) is 3. The van der Waals surface area contributed by atoms with Crippen molar-refractivity contribution in [3.05, 3.63) is 59.7 Å². The molecule has 0 saturated carbocycles. The standard InChI is InChI=1S/C14H12F2O3S/c1-19-12-4-2-3-10(7-12)9-20(17,18)14-6-5-11(15)8-13(14)16/h2-8H,9H2,1H3. The van der Waals surface area contributed by atoms with Gasteiger partial charge in [0.05, 0.1) is 12.9 Å². The van der Waals surface area contributed by atoms with Crippen molar-refractivity contribution in [2.24, 2.45) is 0 Å². The third kappa shape index (κ3) is 3.14. The maximum absolute atomic E-state index is 13.6. The largest absolute Gasteiger partial charge is 0.497 e. The van der Waals surface area contributed by atoms with Crippen molar-refractivity contribution in [1.29, 1.82) is 0 Å². The highest BCUT2D eigenvalue weighted by Gasteiger charge is 2.20. The Hall–Kier alpha value is -1.95. The fourth-order valence-electron chi connectivity index (χ4n) is 1.79. The number of benzene rings is 2. The van der Waals surface area contributed by atoms with E-state index in [0.717, 1.165) is 12.1 Å². The quantitative estimate of drug-likeness (QED) is 0.815. The molecule has 0 radical (unpaired) electrons. The van der Waals surface area contributed by atoms with Crippen molar-refractivity contribution < 1.29 is 21.9 Å². The number of rotatable bonds is 4. The summed E-state index contributed by atoms with van der Waals surface area (Å²) < 4.78 is 55.6. The van der Waals surface area contributed by atoms with Gasteiger partial charge in [0.15, 0.2) is 9.84 Å². The molecule has 0 spiro atoms. The van der Waals surface area contributed by atoms with Crippen LogP contribution in [-0.4, -0.2) is 15.5 Å². The molecular weight excluding hydrogens is 286 g/mol. The Morgan fingerprint density at radius 3 is 2.50 bits per heavy atom. The monoisotopic (exact) mass is 298 g/mol. The average Bonchev–Trinajstić information content (AvgIpc) is 2.37. The van der Waals surface area contributed by atoms with Crippen LogP contribution >= 0.6 is 0 Å². The van der Waals surface area contributed by atoms with Gasteiger partial charge in [-0.15, -0.1) is 0 Å². The Bertz CT molecular complexity index is 727. The highest BCUT2D eigenvalue weighted by molar-refractivity contribution is 7.90. The smallest absolute Gasteiger partial charge is 0.185 e. The fraction of sp³-hybridized carbons (Fsp3) is 0.143. The minimum Gasteiger partial charge on any atom is -0.497 e. The Morgan fingerprint density at radius 1 is 1.10 bits per heavy atom. The zero-order valence-corrected chi connectivity index (χ0v) is 11.5. The summed E-state index contributed by atoms with van der Waals surface area (Å²) in [5.41, 5.74) is 0.466. The van der Waals surface area contributed by atoms with Crippen LogP contribution in [0.5, 0.6) is 5.75 Å². The van der Waals surface area contributed by atoms with Crippen LogP contribution in [0.2, 0.25) is 0 Å².